The number of hydrogen-bond acceptors (Lipinski definition) is 4. The maximum Gasteiger partial charge on any atom is 0.315 e. The lowest BCUT2D eigenvalue weighted by Gasteiger charge is -2.22. The van der Waals surface area contributed by atoms with Gasteiger partial charge in [-0.05, 0) is 55.7 Å². The highest BCUT2D eigenvalue weighted by Gasteiger charge is 2.19. The van der Waals surface area contributed by atoms with Crippen molar-refractivity contribution in [2.75, 3.05) is 14.2 Å². The lowest BCUT2D eigenvalue weighted by Crippen LogP contribution is -2.39. The fraction of sp³-hybridized carbons (Fsp3) is 0.292. The van der Waals surface area contributed by atoms with Gasteiger partial charge in [-0.3, -0.25) is 0 Å². The number of carbonyl (C=O) groups excluding carboxylic acids is 1. The Kier molecular flexibility index (Phi) is 7.01. The molecule has 2 amide bonds. The summed E-state index contributed by atoms with van der Waals surface area (Å²) in [6, 6.07) is 18.7. The number of amides is 2. The van der Waals surface area contributed by atoms with Crippen molar-refractivity contribution in [3.63, 3.8) is 0 Å². The summed E-state index contributed by atoms with van der Waals surface area (Å²) in [6.45, 7) is 3.77. The van der Waals surface area contributed by atoms with Crippen molar-refractivity contribution < 1.29 is 18.7 Å². The maximum atomic E-state index is 12.7. The van der Waals surface area contributed by atoms with Gasteiger partial charge in [0, 0.05) is 0 Å². The van der Waals surface area contributed by atoms with Crippen molar-refractivity contribution in [1.82, 2.24) is 10.6 Å². The van der Waals surface area contributed by atoms with Crippen molar-refractivity contribution in [2.45, 2.75) is 32.4 Å². The number of furan rings is 1. The van der Waals surface area contributed by atoms with Crippen LogP contribution >= 0.6 is 0 Å². The molecule has 0 fully saturated rings. The van der Waals surface area contributed by atoms with Gasteiger partial charge in [-0.15, -0.1) is 0 Å². The molecule has 6 heteroatoms. The van der Waals surface area contributed by atoms with E-state index in [0.29, 0.717) is 17.9 Å². The highest BCUT2D eigenvalue weighted by molar-refractivity contribution is 5.75. The number of methoxy groups -OCH3 is 2. The van der Waals surface area contributed by atoms with Crippen LogP contribution in [0.1, 0.15) is 41.7 Å². The van der Waals surface area contributed by atoms with Gasteiger partial charge in [-0.2, -0.15) is 0 Å². The van der Waals surface area contributed by atoms with Crippen LogP contribution in [0.25, 0.3) is 0 Å². The Morgan fingerprint density at radius 1 is 0.967 bits per heavy atom. The Bertz CT molecular complexity index is 968. The Morgan fingerprint density at radius 2 is 1.70 bits per heavy atom. The summed E-state index contributed by atoms with van der Waals surface area (Å²) >= 11 is 0. The average Bonchev–Trinajstić information content (AvgIpc) is 3.20. The molecule has 0 aliphatic rings. The van der Waals surface area contributed by atoms with E-state index in [1.165, 1.54) is 0 Å². The molecule has 6 nitrogen and oxygen atoms in total. The molecular formula is C24H28N2O4. The molecule has 0 spiro atoms. The summed E-state index contributed by atoms with van der Waals surface area (Å²) < 4.78 is 16.3. The van der Waals surface area contributed by atoms with Crippen molar-refractivity contribution in [1.29, 1.82) is 0 Å². The summed E-state index contributed by atoms with van der Waals surface area (Å²) in [5.74, 6) is 2.87. The third-order valence-electron chi connectivity index (χ3n) is 4.93. The Labute approximate surface area is 177 Å². The molecule has 0 saturated heterocycles. The van der Waals surface area contributed by atoms with E-state index in [9.17, 15) is 4.79 Å². The number of nitrogens with one attached hydrogen (secondary N) is 2. The van der Waals surface area contributed by atoms with Crippen LogP contribution < -0.4 is 20.1 Å². The molecule has 3 aromatic rings. The Hall–Kier alpha value is -3.41. The summed E-state index contributed by atoms with van der Waals surface area (Å²) in [7, 11) is 3.22. The van der Waals surface area contributed by atoms with Gasteiger partial charge in [-0.25, -0.2) is 4.79 Å². The molecule has 2 aromatic carbocycles. The summed E-state index contributed by atoms with van der Waals surface area (Å²) in [4.78, 5) is 12.7. The average molecular weight is 408 g/mol. The van der Waals surface area contributed by atoms with E-state index in [-0.39, 0.29) is 18.1 Å². The van der Waals surface area contributed by atoms with E-state index in [1.54, 1.807) is 14.2 Å². The normalized spacial score (nSPS) is 12.7. The van der Waals surface area contributed by atoms with Gasteiger partial charge in [0.1, 0.15) is 11.5 Å². The number of urea groups is 1. The number of carbonyl (C=O) groups is 1. The molecule has 3 rings (SSSR count). The second-order valence-corrected chi connectivity index (χ2v) is 7.14. The van der Waals surface area contributed by atoms with Crippen LogP contribution in [0, 0.1) is 6.92 Å². The zero-order valence-electron chi connectivity index (χ0n) is 17.8. The van der Waals surface area contributed by atoms with Crippen LogP contribution in [0.5, 0.6) is 11.5 Å². The van der Waals surface area contributed by atoms with Crippen LogP contribution in [0.15, 0.2) is 65.1 Å². The fourth-order valence-corrected chi connectivity index (χ4v) is 3.33. The van der Waals surface area contributed by atoms with E-state index in [1.807, 2.05) is 74.5 Å². The van der Waals surface area contributed by atoms with E-state index in [2.05, 4.69) is 10.6 Å². The first-order chi connectivity index (χ1) is 14.5. The summed E-state index contributed by atoms with van der Waals surface area (Å²) in [5.41, 5.74) is 2.04. The number of hydrogen-bond donors (Lipinski definition) is 2. The lowest BCUT2D eigenvalue weighted by atomic mass is 9.98. The molecule has 2 atom stereocenters. The number of benzene rings is 2. The molecule has 0 aliphatic carbocycles. The lowest BCUT2D eigenvalue weighted by molar-refractivity contribution is 0.232. The standard InChI is InChI=1S/C24H28N2O4/c1-16-10-12-21(30-16)17(2)25-24(27)26-20(19-8-6-5-7-9-19)14-18-11-13-22(28-3)23(15-18)29-4/h5-13,15,17,20H,14H2,1-4H3,(H2,25,26,27). The number of rotatable bonds is 8. The van der Waals surface area contributed by atoms with Crippen molar-refractivity contribution in [3.8, 4) is 11.5 Å². The second kappa shape index (κ2) is 9.87. The first-order valence-corrected chi connectivity index (χ1v) is 9.89. The minimum absolute atomic E-state index is 0.213. The molecule has 1 aromatic heterocycles. The van der Waals surface area contributed by atoms with Gasteiger partial charge in [0.2, 0.25) is 0 Å². The van der Waals surface area contributed by atoms with E-state index in [4.69, 9.17) is 13.9 Å². The first kappa shape index (κ1) is 21.3. The third-order valence-corrected chi connectivity index (χ3v) is 4.93. The van der Waals surface area contributed by atoms with Gasteiger partial charge in [0.25, 0.3) is 0 Å². The van der Waals surface area contributed by atoms with E-state index >= 15 is 0 Å². The molecule has 158 valence electrons. The van der Waals surface area contributed by atoms with Crippen LogP contribution in [0.2, 0.25) is 0 Å². The minimum Gasteiger partial charge on any atom is -0.493 e. The van der Waals surface area contributed by atoms with E-state index < -0.39 is 0 Å². The molecule has 0 saturated carbocycles. The predicted molar refractivity (Wildman–Crippen MR) is 116 cm³/mol. The molecule has 2 N–H and O–H groups in total. The summed E-state index contributed by atoms with van der Waals surface area (Å²) in [5, 5.41) is 6.04. The maximum absolute atomic E-state index is 12.7. The van der Waals surface area contributed by atoms with Gasteiger partial charge < -0.3 is 24.5 Å². The van der Waals surface area contributed by atoms with Crippen LogP contribution in [0.3, 0.4) is 0 Å². The van der Waals surface area contributed by atoms with E-state index in [0.717, 1.165) is 22.6 Å². The highest BCUT2D eigenvalue weighted by atomic mass is 16.5. The van der Waals surface area contributed by atoms with Crippen LogP contribution in [0.4, 0.5) is 4.79 Å². The molecule has 0 aliphatic heterocycles. The zero-order chi connectivity index (χ0) is 21.5. The van der Waals surface area contributed by atoms with Crippen LogP contribution in [-0.2, 0) is 6.42 Å². The largest absolute Gasteiger partial charge is 0.493 e. The molecular weight excluding hydrogens is 380 g/mol. The van der Waals surface area contributed by atoms with Gasteiger partial charge in [0.15, 0.2) is 11.5 Å². The van der Waals surface area contributed by atoms with Crippen molar-refractivity contribution in [3.05, 3.63) is 83.3 Å². The monoisotopic (exact) mass is 408 g/mol. The third kappa shape index (κ3) is 5.35. The van der Waals surface area contributed by atoms with Gasteiger partial charge in [0.05, 0.1) is 26.3 Å². The Balaban J connectivity index is 1.75. The molecule has 1 heterocycles. The number of ether oxygens (including phenoxy) is 2. The fourth-order valence-electron chi connectivity index (χ4n) is 3.33. The number of aryl methyl sites for hydroxylation is 1. The predicted octanol–water partition coefficient (Wildman–Crippen LogP) is 4.95. The van der Waals surface area contributed by atoms with Crippen molar-refractivity contribution >= 4 is 6.03 Å². The molecule has 2 unspecified atom stereocenters. The first-order valence-electron chi connectivity index (χ1n) is 9.89. The quantitative estimate of drug-likeness (QED) is 0.553. The summed E-state index contributed by atoms with van der Waals surface area (Å²) in [6.07, 6.45) is 0.603. The van der Waals surface area contributed by atoms with Crippen molar-refractivity contribution in [2.24, 2.45) is 0 Å². The van der Waals surface area contributed by atoms with Crippen LogP contribution in [-0.4, -0.2) is 20.3 Å². The molecule has 30 heavy (non-hydrogen) atoms. The molecule has 0 bridgehead atoms. The Morgan fingerprint density at radius 3 is 2.33 bits per heavy atom. The minimum atomic E-state index is -0.258. The smallest absolute Gasteiger partial charge is 0.315 e. The SMILES string of the molecule is COc1ccc(CC(NC(=O)NC(C)c2ccc(C)o2)c2ccccc2)cc1OC. The molecule has 0 radical (unpaired) electrons. The highest BCUT2D eigenvalue weighted by Crippen LogP contribution is 2.29. The second-order valence-electron chi connectivity index (χ2n) is 7.14. The van der Waals surface area contributed by atoms with Gasteiger partial charge >= 0.3 is 6.03 Å². The van der Waals surface area contributed by atoms with Gasteiger partial charge in [-0.1, -0.05) is 36.4 Å². The topological polar surface area (TPSA) is 72.7 Å². The zero-order valence-corrected chi connectivity index (χ0v) is 17.8.